The molecule has 1 atom stereocenters. The quantitative estimate of drug-likeness (QED) is 0.428. The standard InChI is InChI=1S/C23H32N2O4/c1-2-3-4-5-6-7-11-18(26)12-10-15-29-22-14-9-8-13-19(22)20-16-25-21(17-24-20)23(27)28/h8-9,13-14,16-18,26H,2-7,10-12,15H2,1H3,(H,27,28). The lowest BCUT2D eigenvalue weighted by molar-refractivity contribution is 0.0690. The van der Waals surface area contributed by atoms with Crippen molar-refractivity contribution in [2.45, 2.75) is 70.8 Å². The molecule has 0 radical (unpaired) electrons. The number of rotatable bonds is 14. The highest BCUT2D eigenvalue weighted by atomic mass is 16.5. The summed E-state index contributed by atoms with van der Waals surface area (Å²) >= 11 is 0. The zero-order valence-electron chi connectivity index (χ0n) is 17.2. The second kappa shape index (κ2) is 12.9. The summed E-state index contributed by atoms with van der Waals surface area (Å²) in [6.07, 6.45) is 12.2. The molecule has 1 aromatic carbocycles. The molecular weight excluding hydrogens is 368 g/mol. The van der Waals surface area contributed by atoms with Crippen molar-refractivity contribution in [2.75, 3.05) is 6.61 Å². The Morgan fingerprint density at radius 1 is 1.00 bits per heavy atom. The summed E-state index contributed by atoms with van der Waals surface area (Å²) in [5.41, 5.74) is 1.24. The van der Waals surface area contributed by atoms with Crippen LogP contribution in [0.4, 0.5) is 0 Å². The second-order valence-electron chi connectivity index (χ2n) is 7.29. The van der Waals surface area contributed by atoms with Crippen molar-refractivity contribution in [3.8, 4) is 17.0 Å². The van der Waals surface area contributed by atoms with Gasteiger partial charge < -0.3 is 14.9 Å². The summed E-state index contributed by atoms with van der Waals surface area (Å²) in [5, 5.41) is 19.1. The molecule has 0 amide bonds. The third kappa shape index (κ3) is 8.20. The van der Waals surface area contributed by atoms with Crippen LogP contribution in [-0.2, 0) is 0 Å². The van der Waals surface area contributed by atoms with Gasteiger partial charge in [0.25, 0.3) is 0 Å². The van der Waals surface area contributed by atoms with Crippen LogP contribution in [0.3, 0.4) is 0 Å². The number of aromatic carboxylic acids is 1. The van der Waals surface area contributed by atoms with E-state index in [1.165, 1.54) is 44.5 Å². The first-order valence-corrected chi connectivity index (χ1v) is 10.6. The highest BCUT2D eigenvalue weighted by molar-refractivity contribution is 5.85. The van der Waals surface area contributed by atoms with Crippen LogP contribution >= 0.6 is 0 Å². The van der Waals surface area contributed by atoms with Crippen molar-refractivity contribution in [1.82, 2.24) is 9.97 Å². The minimum atomic E-state index is -1.10. The van der Waals surface area contributed by atoms with E-state index in [0.717, 1.165) is 31.2 Å². The van der Waals surface area contributed by atoms with Crippen LogP contribution < -0.4 is 4.74 Å². The molecule has 0 spiro atoms. The molecule has 6 heteroatoms. The third-order valence-electron chi connectivity index (χ3n) is 4.86. The SMILES string of the molecule is CCCCCCCCC(O)CCCOc1ccccc1-c1cnc(C(=O)O)cn1. The highest BCUT2D eigenvalue weighted by Gasteiger charge is 2.11. The number of nitrogens with zero attached hydrogens (tertiary/aromatic N) is 2. The number of ether oxygens (including phenoxy) is 1. The number of para-hydroxylation sites is 1. The van der Waals surface area contributed by atoms with Gasteiger partial charge in [0.1, 0.15) is 5.75 Å². The number of benzene rings is 1. The first-order valence-electron chi connectivity index (χ1n) is 10.6. The molecule has 0 aliphatic carbocycles. The van der Waals surface area contributed by atoms with Gasteiger partial charge >= 0.3 is 5.97 Å². The number of hydrogen-bond acceptors (Lipinski definition) is 5. The summed E-state index contributed by atoms with van der Waals surface area (Å²) < 4.78 is 5.89. The number of carboxylic acid groups (broad SMARTS) is 1. The Hall–Kier alpha value is -2.47. The Morgan fingerprint density at radius 3 is 2.45 bits per heavy atom. The van der Waals surface area contributed by atoms with E-state index in [4.69, 9.17) is 9.84 Å². The minimum absolute atomic E-state index is 0.0912. The number of carboxylic acids is 1. The van der Waals surface area contributed by atoms with E-state index in [1.54, 1.807) is 0 Å². The first-order chi connectivity index (χ1) is 14.1. The number of aromatic nitrogens is 2. The van der Waals surface area contributed by atoms with Gasteiger partial charge in [-0.3, -0.25) is 4.98 Å². The average Bonchev–Trinajstić information content (AvgIpc) is 2.74. The first kappa shape index (κ1) is 22.8. The molecule has 158 valence electrons. The monoisotopic (exact) mass is 400 g/mol. The van der Waals surface area contributed by atoms with Gasteiger partial charge in [0.05, 0.1) is 30.8 Å². The molecule has 2 aromatic rings. The van der Waals surface area contributed by atoms with Crippen LogP contribution in [0.5, 0.6) is 5.75 Å². The summed E-state index contributed by atoms with van der Waals surface area (Å²) in [7, 11) is 0. The van der Waals surface area contributed by atoms with E-state index in [1.807, 2.05) is 24.3 Å². The molecule has 1 unspecified atom stereocenters. The largest absolute Gasteiger partial charge is 0.493 e. The predicted molar refractivity (Wildman–Crippen MR) is 113 cm³/mol. The van der Waals surface area contributed by atoms with Crippen molar-refractivity contribution in [3.63, 3.8) is 0 Å². The fourth-order valence-corrected chi connectivity index (χ4v) is 3.19. The molecule has 0 aliphatic heterocycles. The molecule has 0 aliphatic rings. The van der Waals surface area contributed by atoms with E-state index in [0.29, 0.717) is 18.1 Å². The van der Waals surface area contributed by atoms with Gasteiger partial charge in [-0.15, -0.1) is 0 Å². The van der Waals surface area contributed by atoms with Gasteiger partial charge in [0.15, 0.2) is 5.69 Å². The third-order valence-corrected chi connectivity index (χ3v) is 4.86. The number of carbonyl (C=O) groups is 1. The van der Waals surface area contributed by atoms with Crippen molar-refractivity contribution >= 4 is 5.97 Å². The van der Waals surface area contributed by atoms with Gasteiger partial charge in [-0.25, -0.2) is 9.78 Å². The molecule has 6 nitrogen and oxygen atoms in total. The smallest absolute Gasteiger partial charge is 0.356 e. The van der Waals surface area contributed by atoms with Crippen molar-refractivity contribution < 1.29 is 19.7 Å². The van der Waals surface area contributed by atoms with Gasteiger partial charge in [-0.1, -0.05) is 57.6 Å². The van der Waals surface area contributed by atoms with E-state index in [9.17, 15) is 9.90 Å². The molecule has 2 rings (SSSR count). The van der Waals surface area contributed by atoms with Gasteiger partial charge in [-0.05, 0) is 31.4 Å². The minimum Gasteiger partial charge on any atom is -0.493 e. The molecular formula is C23H32N2O4. The Morgan fingerprint density at radius 2 is 1.72 bits per heavy atom. The predicted octanol–water partition coefficient (Wildman–Crippen LogP) is 5.11. The molecule has 0 saturated heterocycles. The van der Waals surface area contributed by atoms with Crippen LogP contribution in [0.25, 0.3) is 11.3 Å². The van der Waals surface area contributed by atoms with Crippen LogP contribution in [-0.4, -0.2) is 38.9 Å². The summed E-state index contributed by atoms with van der Waals surface area (Å²) in [6.45, 7) is 2.72. The fourth-order valence-electron chi connectivity index (χ4n) is 3.19. The summed E-state index contributed by atoms with van der Waals surface area (Å²) in [4.78, 5) is 19.0. The van der Waals surface area contributed by atoms with Gasteiger partial charge in [-0.2, -0.15) is 0 Å². The molecule has 1 heterocycles. The lowest BCUT2D eigenvalue weighted by Gasteiger charge is -2.13. The number of aliphatic hydroxyl groups is 1. The lowest BCUT2D eigenvalue weighted by Crippen LogP contribution is -2.09. The van der Waals surface area contributed by atoms with E-state index >= 15 is 0 Å². The molecule has 2 N–H and O–H groups in total. The van der Waals surface area contributed by atoms with Crippen LogP contribution in [0, 0.1) is 0 Å². The topological polar surface area (TPSA) is 92.5 Å². The summed E-state index contributed by atoms with van der Waals surface area (Å²) in [6, 6.07) is 7.48. The second-order valence-corrected chi connectivity index (χ2v) is 7.29. The highest BCUT2D eigenvalue weighted by Crippen LogP contribution is 2.28. The zero-order chi connectivity index (χ0) is 20.9. The van der Waals surface area contributed by atoms with Crippen molar-refractivity contribution in [3.05, 3.63) is 42.4 Å². The molecule has 0 saturated carbocycles. The van der Waals surface area contributed by atoms with E-state index in [2.05, 4.69) is 16.9 Å². The normalized spacial score (nSPS) is 11.9. The Balaban J connectivity index is 1.75. The van der Waals surface area contributed by atoms with Crippen LogP contribution in [0.1, 0.15) is 75.2 Å². The van der Waals surface area contributed by atoms with Crippen molar-refractivity contribution in [2.24, 2.45) is 0 Å². The molecule has 0 bridgehead atoms. The van der Waals surface area contributed by atoms with Crippen LogP contribution in [0.2, 0.25) is 0 Å². The van der Waals surface area contributed by atoms with Gasteiger partial charge in [0, 0.05) is 5.56 Å². The number of unbranched alkanes of at least 4 members (excludes halogenated alkanes) is 5. The van der Waals surface area contributed by atoms with Crippen LogP contribution in [0.15, 0.2) is 36.7 Å². The number of aliphatic hydroxyl groups excluding tert-OH is 1. The lowest BCUT2D eigenvalue weighted by atomic mass is 10.0. The molecule has 1 aromatic heterocycles. The van der Waals surface area contributed by atoms with E-state index < -0.39 is 5.97 Å². The Kier molecular flexibility index (Phi) is 10.1. The maximum absolute atomic E-state index is 10.9. The Bertz CT molecular complexity index is 734. The summed E-state index contributed by atoms with van der Waals surface area (Å²) in [5.74, 6) is -0.427. The molecule has 29 heavy (non-hydrogen) atoms. The fraction of sp³-hybridized carbons (Fsp3) is 0.522. The zero-order valence-corrected chi connectivity index (χ0v) is 17.2. The average molecular weight is 401 g/mol. The Labute approximate surface area is 173 Å². The number of hydrogen-bond donors (Lipinski definition) is 2. The van der Waals surface area contributed by atoms with Gasteiger partial charge in [0.2, 0.25) is 0 Å². The van der Waals surface area contributed by atoms with Crippen molar-refractivity contribution in [1.29, 1.82) is 0 Å². The van der Waals surface area contributed by atoms with E-state index in [-0.39, 0.29) is 11.8 Å². The maximum atomic E-state index is 10.9. The molecule has 0 fully saturated rings. The maximum Gasteiger partial charge on any atom is 0.356 e.